The van der Waals surface area contributed by atoms with Crippen molar-refractivity contribution in [1.29, 1.82) is 0 Å². The Hall–Kier alpha value is -1.96. The van der Waals surface area contributed by atoms with Crippen LogP contribution in [0.2, 0.25) is 5.02 Å². The van der Waals surface area contributed by atoms with Gasteiger partial charge in [0.05, 0.1) is 0 Å². The Bertz CT molecular complexity index is 981. The smallest absolute Gasteiger partial charge is 0.255 e. The number of nitrogens with one attached hydrogen (secondary N) is 2. The number of carbonyl (C=O) groups is 1. The first-order chi connectivity index (χ1) is 13.3. The molecule has 1 saturated carbocycles. The number of halogens is 2. The Morgan fingerprint density at radius 2 is 1.89 bits per heavy atom. The molecule has 1 fully saturated rings. The van der Waals surface area contributed by atoms with Gasteiger partial charge in [-0.3, -0.25) is 4.79 Å². The van der Waals surface area contributed by atoms with Crippen LogP contribution in [-0.4, -0.2) is 20.4 Å². The van der Waals surface area contributed by atoms with Crippen molar-refractivity contribution in [2.24, 2.45) is 5.92 Å². The first-order valence-electron chi connectivity index (χ1n) is 9.15. The van der Waals surface area contributed by atoms with Gasteiger partial charge in [-0.05, 0) is 55.2 Å². The molecule has 0 saturated heterocycles. The molecule has 0 radical (unpaired) electrons. The molecule has 8 heteroatoms. The fourth-order valence-corrected chi connectivity index (χ4v) is 5.05. The minimum atomic E-state index is -4.09. The van der Waals surface area contributed by atoms with E-state index in [-0.39, 0.29) is 17.5 Å². The van der Waals surface area contributed by atoms with Crippen LogP contribution in [0.1, 0.15) is 43.0 Å². The second-order valence-electron chi connectivity index (χ2n) is 7.10. The minimum absolute atomic E-state index is 0.0402. The number of rotatable bonds is 5. The zero-order valence-electron chi connectivity index (χ0n) is 15.4. The Balaban J connectivity index is 1.83. The number of sulfonamides is 1. The first-order valence-corrected chi connectivity index (χ1v) is 11.0. The lowest BCUT2D eigenvalue weighted by Crippen LogP contribution is -2.41. The monoisotopic (exact) mass is 424 g/mol. The molecule has 1 amide bonds. The summed E-state index contributed by atoms with van der Waals surface area (Å²) in [4.78, 5) is 11.9. The molecule has 0 spiro atoms. The van der Waals surface area contributed by atoms with Crippen molar-refractivity contribution in [1.82, 2.24) is 4.72 Å². The lowest BCUT2D eigenvalue weighted by atomic mass is 9.87. The maximum absolute atomic E-state index is 14.3. The highest BCUT2D eigenvalue weighted by molar-refractivity contribution is 7.89. The van der Waals surface area contributed by atoms with E-state index < -0.39 is 26.6 Å². The fraction of sp³-hybridized carbons (Fsp3) is 0.350. The summed E-state index contributed by atoms with van der Waals surface area (Å²) >= 11 is 5.90. The van der Waals surface area contributed by atoms with Gasteiger partial charge < -0.3 is 5.32 Å². The van der Waals surface area contributed by atoms with Crippen LogP contribution in [0.4, 0.5) is 10.1 Å². The Morgan fingerprint density at radius 1 is 1.14 bits per heavy atom. The summed E-state index contributed by atoms with van der Waals surface area (Å²) < 4.78 is 42.4. The van der Waals surface area contributed by atoms with E-state index in [1.54, 1.807) is 24.3 Å². The van der Waals surface area contributed by atoms with Gasteiger partial charge in [0.2, 0.25) is 10.0 Å². The summed E-state index contributed by atoms with van der Waals surface area (Å²) in [5, 5.41) is 3.07. The van der Waals surface area contributed by atoms with Gasteiger partial charge in [-0.25, -0.2) is 17.5 Å². The number of benzene rings is 2. The zero-order valence-corrected chi connectivity index (χ0v) is 17.0. The maximum atomic E-state index is 14.3. The quantitative estimate of drug-likeness (QED) is 0.737. The highest BCUT2D eigenvalue weighted by atomic mass is 35.5. The van der Waals surface area contributed by atoms with Crippen LogP contribution in [0.5, 0.6) is 0 Å². The Labute approximate surface area is 169 Å². The summed E-state index contributed by atoms with van der Waals surface area (Å²) in [5.41, 5.74) is 0.499. The highest BCUT2D eigenvalue weighted by Crippen LogP contribution is 2.26. The van der Waals surface area contributed by atoms with E-state index >= 15 is 0 Å². The van der Waals surface area contributed by atoms with Crippen LogP contribution in [0.25, 0.3) is 0 Å². The molecule has 28 heavy (non-hydrogen) atoms. The van der Waals surface area contributed by atoms with E-state index in [0.717, 1.165) is 37.8 Å². The molecule has 3 rings (SSSR count). The molecule has 2 atom stereocenters. The molecule has 0 bridgehead atoms. The third-order valence-corrected chi connectivity index (χ3v) is 6.72. The average molecular weight is 425 g/mol. The first kappa shape index (κ1) is 20.8. The normalized spacial score (nSPS) is 20.0. The van der Waals surface area contributed by atoms with E-state index in [9.17, 15) is 17.6 Å². The van der Waals surface area contributed by atoms with Gasteiger partial charge in [-0.2, -0.15) is 0 Å². The average Bonchev–Trinajstić information content (AvgIpc) is 2.63. The Kier molecular flexibility index (Phi) is 6.37. The van der Waals surface area contributed by atoms with Crippen molar-refractivity contribution in [3.63, 3.8) is 0 Å². The third-order valence-electron chi connectivity index (χ3n) is 4.98. The molecule has 2 aromatic carbocycles. The Morgan fingerprint density at radius 3 is 2.61 bits per heavy atom. The standard InChI is InChI=1S/C20H22ClFN2O3S/c1-13-5-2-3-8-18(13)24-28(26,27)19-11-14(9-10-17(19)22)20(25)23-16-7-4-6-15(21)12-16/h4,6-7,9-13,18,24H,2-3,5,8H2,1H3,(H,23,25)/t13-,18+/m1/s1. The zero-order chi connectivity index (χ0) is 20.3. The summed E-state index contributed by atoms with van der Waals surface area (Å²) in [5.74, 6) is -1.26. The molecule has 0 heterocycles. The molecule has 0 aromatic heterocycles. The minimum Gasteiger partial charge on any atom is -0.322 e. The molecule has 0 unspecified atom stereocenters. The number of carbonyl (C=O) groups excluding carboxylic acids is 1. The summed E-state index contributed by atoms with van der Waals surface area (Å²) in [7, 11) is -4.09. The van der Waals surface area contributed by atoms with Crippen LogP contribution < -0.4 is 10.0 Å². The van der Waals surface area contributed by atoms with Crippen LogP contribution in [0, 0.1) is 11.7 Å². The molecule has 2 aromatic rings. The number of anilines is 1. The van der Waals surface area contributed by atoms with Crippen molar-refractivity contribution in [2.45, 2.75) is 43.5 Å². The number of amides is 1. The predicted octanol–water partition coefficient (Wildman–Crippen LogP) is 4.59. The molecule has 2 N–H and O–H groups in total. The number of hydrogen-bond acceptors (Lipinski definition) is 3. The van der Waals surface area contributed by atoms with Gasteiger partial charge in [0, 0.05) is 22.3 Å². The molecule has 1 aliphatic carbocycles. The van der Waals surface area contributed by atoms with Crippen molar-refractivity contribution in [3.05, 3.63) is 58.9 Å². The lowest BCUT2D eigenvalue weighted by Gasteiger charge is -2.29. The molecular weight excluding hydrogens is 403 g/mol. The van der Waals surface area contributed by atoms with Gasteiger partial charge in [-0.15, -0.1) is 0 Å². The van der Waals surface area contributed by atoms with E-state index in [1.807, 2.05) is 6.92 Å². The molecule has 150 valence electrons. The SMILES string of the molecule is C[C@@H]1CCCC[C@@H]1NS(=O)(=O)c1cc(C(=O)Nc2cccc(Cl)c2)ccc1F. The van der Waals surface area contributed by atoms with Crippen LogP contribution in [0.3, 0.4) is 0 Å². The largest absolute Gasteiger partial charge is 0.322 e. The lowest BCUT2D eigenvalue weighted by molar-refractivity contribution is 0.102. The molecule has 5 nitrogen and oxygen atoms in total. The van der Waals surface area contributed by atoms with Crippen molar-refractivity contribution >= 4 is 33.2 Å². The molecule has 0 aliphatic heterocycles. The highest BCUT2D eigenvalue weighted by Gasteiger charge is 2.29. The summed E-state index contributed by atoms with van der Waals surface area (Å²) in [6.07, 6.45) is 3.64. The van der Waals surface area contributed by atoms with E-state index in [4.69, 9.17) is 11.6 Å². The fourth-order valence-electron chi connectivity index (χ4n) is 3.37. The van der Waals surface area contributed by atoms with Gasteiger partial charge >= 0.3 is 0 Å². The predicted molar refractivity (Wildman–Crippen MR) is 108 cm³/mol. The van der Waals surface area contributed by atoms with Crippen molar-refractivity contribution in [3.8, 4) is 0 Å². The van der Waals surface area contributed by atoms with E-state index in [0.29, 0.717) is 10.7 Å². The van der Waals surface area contributed by atoms with Crippen molar-refractivity contribution < 1.29 is 17.6 Å². The second-order valence-corrected chi connectivity index (χ2v) is 9.22. The van der Waals surface area contributed by atoms with Crippen LogP contribution in [0.15, 0.2) is 47.4 Å². The molecular formula is C20H22ClFN2O3S. The number of hydrogen-bond donors (Lipinski definition) is 2. The van der Waals surface area contributed by atoms with Gasteiger partial charge in [0.25, 0.3) is 5.91 Å². The van der Waals surface area contributed by atoms with E-state index in [2.05, 4.69) is 10.0 Å². The van der Waals surface area contributed by atoms with Crippen LogP contribution >= 0.6 is 11.6 Å². The summed E-state index contributed by atoms with van der Waals surface area (Å²) in [6, 6.07) is 9.62. The van der Waals surface area contributed by atoms with E-state index in [1.165, 1.54) is 6.07 Å². The van der Waals surface area contributed by atoms with Crippen LogP contribution in [-0.2, 0) is 10.0 Å². The van der Waals surface area contributed by atoms with Crippen molar-refractivity contribution in [2.75, 3.05) is 5.32 Å². The second kappa shape index (κ2) is 8.59. The maximum Gasteiger partial charge on any atom is 0.255 e. The molecule has 1 aliphatic rings. The van der Waals surface area contributed by atoms with Gasteiger partial charge in [0.15, 0.2) is 0 Å². The third kappa shape index (κ3) is 4.90. The van der Waals surface area contributed by atoms with Gasteiger partial charge in [0.1, 0.15) is 10.7 Å². The van der Waals surface area contributed by atoms with Gasteiger partial charge in [-0.1, -0.05) is 37.4 Å². The topological polar surface area (TPSA) is 75.3 Å². The summed E-state index contributed by atoms with van der Waals surface area (Å²) in [6.45, 7) is 1.98.